The highest BCUT2D eigenvalue weighted by molar-refractivity contribution is 5.96. The number of allylic oxidation sites excluding steroid dienone is 2. The van der Waals surface area contributed by atoms with Crippen LogP contribution in [-0.2, 0) is 13.5 Å². The standard InChI is InChI=1S/C26H33FN6O/c1-4-6-19-7-5-8-22(27)25(19)26(34)29-23-14-12-20(16-28-23)21-13-11-18(10-9-17(21)2)15-24-30-32-33(3)31-24/h5,7-8,12,14-17,20-21,23H,4,6,9-11,13H2,1-3H3,(H,29,34). The Morgan fingerprint density at radius 3 is 2.79 bits per heavy atom. The van der Waals surface area contributed by atoms with Crippen LogP contribution in [0, 0.1) is 23.6 Å². The number of benzene rings is 1. The maximum atomic E-state index is 14.4. The van der Waals surface area contributed by atoms with Crippen LogP contribution in [0.2, 0.25) is 0 Å². The number of nitrogens with one attached hydrogen (secondary N) is 1. The molecule has 1 amide bonds. The van der Waals surface area contributed by atoms with E-state index in [-0.39, 0.29) is 11.5 Å². The fourth-order valence-electron chi connectivity index (χ4n) is 5.01. The van der Waals surface area contributed by atoms with Crippen LogP contribution >= 0.6 is 0 Å². The van der Waals surface area contributed by atoms with Crippen molar-refractivity contribution < 1.29 is 9.18 Å². The first-order valence-electron chi connectivity index (χ1n) is 12.2. The Labute approximate surface area is 200 Å². The molecule has 1 aliphatic carbocycles. The van der Waals surface area contributed by atoms with Gasteiger partial charge in [-0.25, -0.2) is 4.39 Å². The largest absolute Gasteiger partial charge is 0.327 e. The molecule has 8 heteroatoms. The van der Waals surface area contributed by atoms with Crippen LogP contribution < -0.4 is 5.32 Å². The molecule has 1 fully saturated rings. The molecule has 4 unspecified atom stereocenters. The maximum absolute atomic E-state index is 14.4. The van der Waals surface area contributed by atoms with Crippen molar-refractivity contribution in [2.75, 3.05) is 0 Å². The van der Waals surface area contributed by atoms with Crippen LogP contribution in [0.15, 0.2) is 40.9 Å². The molecule has 0 bridgehead atoms. The van der Waals surface area contributed by atoms with Crippen LogP contribution in [0.4, 0.5) is 4.39 Å². The van der Waals surface area contributed by atoms with Gasteiger partial charge in [0.15, 0.2) is 5.82 Å². The molecule has 4 rings (SSSR count). The van der Waals surface area contributed by atoms with Crippen molar-refractivity contribution in [1.29, 1.82) is 0 Å². The van der Waals surface area contributed by atoms with Crippen LogP contribution in [0.5, 0.6) is 0 Å². The molecule has 0 radical (unpaired) electrons. The molecule has 1 aromatic carbocycles. The summed E-state index contributed by atoms with van der Waals surface area (Å²) in [6.07, 6.45) is 13.3. The topological polar surface area (TPSA) is 85.1 Å². The normalized spacial score (nSPS) is 25.9. The van der Waals surface area contributed by atoms with E-state index in [1.807, 2.05) is 25.3 Å². The van der Waals surface area contributed by atoms with Crippen LogP contribution in [0.3, 0.4) is 0 Å². The first-order valence-corrected chi connectivity index (χ1v) is 12.2. The molecule has 2 aromatic rings. The zero-order valence-corrected chi connectivity index (χ0v) is 20.1. The van der Waals surface area contributed by atoms with Crippen LogP contribution in [0.1, 0.15) is 67.7 Å². The number of amides is 1. The van der Waals surface area contributed by atoms with Gasteiger partial charge in [0.05, 0.1) is 12.6 Å². The van der Waals surface area contributed by atoms with Gasteiger partial charge in [-0.05, 0) is 72.9 Å². The van der Waals surface area contributed by atoms with Crippen molar-refractivity contribution in [2.24, 2.45) is 29.8 Å². The lowest BCUT2D eigenvalue weighted by atomic mass is 9.79. The Bertz CT molecular complexity index is 1090. The molecule has 1 aliphatic heterocycles. The lowest BCUT2D eigenvalue weighted by molar-refractivity contribution is 0.0940. The maximum Gasteiger partial charge on any atom is 0.256 e. The molecular formula is C26H33FN6O. The summed E-state index contributed by atoms with van der Waals surface area (Å²) < 4.78 is 14.4. The summed E-state index contributed by atoms with van der Waals surface area (Å²) in [6, 6.07) is 4.80. The van der Waals surface area contributed by atoms with Gasteiger partial charge in [0, 0.05) is 12.1 Å². The number of dihydropyridines is 1. The van der Waals surface area contributed by atoms with E-state index in [0.29, 0.717) is 24.1 Å². The van der Waals surface area contributed by atoms with Gasteiger partial charge < -0.3 is 5.32 Å². The average molecular weight is 465 g/mol. The molecule has 7 nitrogen and oxygen atoms in total. The third kappa shape index (κ3) is 5.66. The number of hydrogen-bond donors (Lipinski definition) is 1. The van der Waals surface area contributed by atoms with Gasteiger partial charge in [-0.1, -0.05) is 44.1 Å². The SMILES string of the molecule is CCCc1cccc(F)c1C(=O)NC1C=CC(C2CCC(=Cc3nnn(C)n3)CCC2C)C=N1. The highest BCUT2D eigenvalue weighted by Crippen LogP contribution is 2.37. The zero-order chi connectivity index (χ0) is 24.1. The van der Waals surface area contributed by atoms with Crippen molar-refractivity contribution in [3.05, 3.63) is 58.7 Å². The van der Waals surface area contributed by atoms with Gasteiger partial charge in [0.25, 0.3) is 5.91 Å². The van der Waals surface area contributed by atoms with Gasteiger partial charge in [-0.3, -0.25) is 9.79 Å². The Kier molecular flexibility index (Phi) is 7.65. The second-order valence-electron chi connectivity index (χ2n) is 9.36. The lowest BCUT2D eigenvalue weighted by Gasteiger charge is -2.28. The van der Waals surface area contributed by atoms with Crippen molar-refractivity contribution in [3.63, 3.8) is 0 Å². The van der Waals surface area contributed by atoms with Gasteiger partial charge in [0.2, 0.25) is 0 Å². The summed E-state index contributed by atoms with van der Waals surface area (Å²) in [7, 11) is 1.77. The lowest BCUT2D eigenvalue weighted by Crippen LogP contribution is -2.36. The van der Waals surface area contributed by atoms with E-state index >= 15 is 0 Å². The second-order valence-corrected chi connectivity index (χ2v) is 9.36. The van der Waals surface area contributed by atoms with E-state index < -0.39 is 17.9 Å². The number of nitrogens with zero attached hydrogens (tertiary/aromatic N) is 5. The first kappa shape index (κ1) is 24.0. The predicted molar refractivity (Wildman–Crippen MR) is 131 cm³/mol. The summed E-state index contributed by atoms with van der Waals surface area (Å²) >= 11 is 0. The molecule has 34 heavy (non-hydrogen) atoms. The average Bonchev–Trinajstić information content (AvgIpc) is 3.13. The first-order chi connectivity index (χ1) is 16.4. The highest BCUT2D eigenvalue weighted by Gasteiger charge is 2.29. The Morgan fingerprint density at radius 2 is 2.09 bits per heavy atom. The van der Waals surface area contributed by atoms with Gasteiger partial charge in [0.1, 0.15) is 12.0 Å². The van der Waals surface area contributed by atoms with E-state index in [0.717, 1.165) is 37.7 Å². The number of hydrogen-bond acceptors (Lipinski definition) is 5. The van der Waals surface area contributed by atoms with E-state index in [1.54, 1.807) is 13.1 Å². The monoisotopic (exact) mass is 464 g/mol. The number of carbonyl (C=O) groups is 1. The minimum atomic E-state index is -0.488. The molecule has 2 aliphatic rings. The fourth-order valence-corrected chi connectivity index (χ4v) is 5.01. The van der Waals surface area contributed by atoms with Gasteiger partial charge in [-0.2, -0.15) is 4.80 Å². The van der Waals surface area contributed by atoms with E-state index in [9.17, 15) is 9.18 Å². The zero-order valence-electron chi connectivity index (χ0n) is 20.1. The molecule has 180 valence electrons. The summed E-state index contributed by atoms with van der Waals surface area (Å²) in [6.45, 7) is 4.32. The third-order valence-electron chi connectivity index (χ3n) is 6.86. The number of aliphatic imine (C=N–C) groups is 1. The van der Waals surface area contributed by atoms with E-state index in [4.69, 9.17) is 0 Å². The number of aromatic nitrogens is 4. The van der Waals surface area contributed by atoms with E-state index in [1.165, 1.54) is 16.4 Å². The van der Waals surface area contributed by atoms with Crippen molar-refractivity contribution in [3.8, 4) is 0 Å². The molecule has 4 atom stereocenters. The molecule has 2 heterocycles. The second kappa shape index (κ2) is 10.8. The summed E-state index contributed by atoms with van der Waals surface area (Å²) in [4.78, 5) is 18.9. The van der Waals surface area contributed by atoms with Crippen LogP contribution in [-0.4, -0.2) is 38.5 Å². The van der Waals surface area contributed by atoms with Crippen molar-refractivity contribution in [1.82, 2.24) is 25.5 Å². The minimum Gasteiger partial charge on any atom is -0.327 e. The molecular weight excluding hydrogens is 431 g/mol. The predicted octanol–water partition coefficient (Wildman–Crippen LogP) is 4.52. The Hall–Kier alpha value is -3.16. The van der Waals surface area contributed by atoms with Crippen molar-refractivity contribution in [2.45, 2.75) is 58.5 Å². The molecule has 0 spiro atoms. The summed E-state index contributed by atoms with van der Waals surface area (Å²) in [5, 5.41) is 15.1. The molecule has 1 N–H and O–H groups in total. The Balaban J connectivity index is 1.38. The number of carbonyl (C=O) groups excluding carboxylic acids is 1. The molecule has 1 aromatic heterocycles. The molecule has 1 saturated carbocycles. The number of aryl methyl sites for hydroxylation is 2. The summed E-state index contributed by atoms with van der Waals surface area (Å²) in [5.41, 5.74) is 2.22. The number of halogens is 1. The minimum absolute atomic E-state index is 0.129. The van der Waals surface area contributed by atoms with Crippen molar-refractivity contribution >= 4 is 18.2 Å². The quantitative estimate of drug-likeness (QED) is 0.503. The highest BCUT2D eigenvalue weighted by atomic mass is 19.1. The Morgan fingerprint density at radius 1 is 1.26 bits per heavy atom. The number of rotatable bonds is 6. The number of tetrazole rings is 1. The van der Waals surface area contributed by atoms with E-state index in [2.05, 4.69) is 44.8 Å². The smallest absolute Gasteiger partial charge is 0.256 e. The van der Waals surface area contributed by atoms with Crippen LogP contribution in [0.25, 0.3) is 6.08 Å². The van der Waals surface area contributed by atoms with Gasteiger partial charge in [-0.15, -0.1) is 10.2 Å². The summed E-state index contributed by atoms with van der Waals surface area (Å²) in [5.74, 6) is 1.00. The van der Waals surface area contributed by atoms with Gasteiger partial charge >= 0.3 is 0 Å². The molecule has 0 saturated heterocycles. The third-order valence-corrected chi connectivity index (χ3v) is 6.86. The fraction of sp³-hybridized carbons (Fsp3) is 0.500.